The quantitative estimate of drug-likeness (QED) is 0.810. The van der Waals surface area contributed by atoms with Gasteiger partial charge in [0, 0.05) is 5.54 Å². The second kappa shape index (κ2) is 6.58. The van der Waals surface area contributed by atoms with Crippen molar-refractivity contribution in [1.82, 2.24) is 5.32 Å². The zero-order valence-electron chi connectivity index (χ0n) is 16.7. The highest BCUT2D eigenvalue weighted by Crippen LogP contribution is 2.55. The van der Waals surface area contributed by atoms with Crippen molar-refractivity contribution in [3.8, 4) is 5.75 Å². The van der Waals surface area contributed by atoms with Crippen LogP contribution in [0.15, 0.2) is 18.2 Å². The molecule has 3 heteroatoms. The molecule has 142 valence electrons. The number of hydrogen-bond acceptors (Lipinski definition) is 2. The molecule has 26 heavy (non-hydrogen) atoms. The number of ether oxygens (including phenoxy) is 1. The first-order valence-electron chi connectivity index (χ1n) is 10.4. The second-order valence-electron chi connectivity index (χ2n) is 9.64. The maximum atomic E-state index is 13.0. The number of nitrogens with one attached hydrogen (secondary N) is 1. The van der Waals surface area contributed by atoms with Crippen LogP contribution in [0, 0.1) is 24.7 Å². The molecular weight excluding hydrogens is 322 g/mol. The number of benzene rings is 1. The lowest BCUT2D eigenvalue weighted by Crippen LogP contribution is -2.61. The molecule has 5 rings (SSSR count). The molecule has 0 radical (unpaired) electrons. The fraction of sp³-hybridized carbons (Fsp3) is 0.696. The Kier molecular flexibility index (Phi) is 4.53. The highest BCUT2D eigenvalue weighted by molar-refractivity contribution is 5.81. The van der Waals surface area contributed by atoms with Gasteiger partial charge in [0.1, 0.15) is 5.75 Å². The summed E-state index contributed by atoms with van der Waals surface area (Å²) in [6.45, 7) is 8.29. The van der Waals surface area contributed by atoms with E-state index in [1.807, 2.05) is 6.92 Å². The molecule has 3 nitrogen and oxygen atoms in total. The third-order valence-corrected chi connectivity index (χ3v) is 6.89. The lowest BCUT2D eigenvalue weighted by atomic mass is 9.53. The van der Waals surface area contributed by atoms with Gasteiger partial charge in [-0.1, -0.05) is 26.0 Å². The fourth-order valence-electron chi connectivity index (χ4n) is 6.09. The predicted molar refractivity (Wildman–Crippen MR) is 104 cm³/mol. The van der Waals surface area contributed by atoms with E-state index >= 15 is 0 Å². The van der Waals surface area contributed by atoms with Gasteiger partial charge in [-0.15, -0.1) is 0 Å². The second-order valence-corrected chi connectivity index (χ2v) is 9.64. The van der Waals surface area contributed by atoms with E-state index in [1.165, 1.54) is 44.1 Å². The van der Waals surface area contributed by atoms with Gasteiger partial charge in [-0.2, -0.15) is 0 Å². The van der Waals surface area contributed by atoms with Crippen molar-refractivity contribution in [2.45, 2.75) is 83.8 Å². The molecule has 1 amide bonds. The Bertz CT molecular complexity index is 658. The molecule has 4 fully saturated rings. The summed E-state index contributed by atoms with van der Waals surface area (Å²) in [5.41, 5.74) is 2.39. The van der Waals surface area contributed by atoms with Crippen molar-refractivity contribution in [2.75, 3.05) is 0 Å². The number of carbonyl (C=O) groups is 1. The molecule has 1 aromatic carbocycles. The summed E-state index contributed by atoms with van der Waals surface area (Å²) < 4.78 is 6.15. The average molecular weight is 356 g/mol. The van der Waals surface area contributed by atoms with E-state index in [1.54, 1.807) is 0 Å². The number of aryl methyl sites for hydroxylation is 1. The molecule has 1 atom stereocenters. The molecular formula is C23H33NO2. The van der Waals surface area contributed by atoms with Crippen molar-refractivity contribution < 1.29 is 9.53 Å². The summed E-state index contributed by atoms with van der Waals surface area (Å²) in [4.78, 5) is 13.0. The van der Waals surface area contributed by atoms with Crippen molar-refractivity contribution in [3.05, 3.63) is 29.3 Å². The van der Waals surface area contributed by atoms with Crippen LogP contribution in [0.2, 0.25) is 0 Å². The molecule has 4 aliphatic rings. The van der Waals surface area contributed by atoms with Crippen LogP contribution in [0.1, 0.15) is 76.3 Å². The fourth-order valence-corrected chi connectivity index (χ4v) is 6.09. The maximum absolute atomic E-state index is 13.0. The largest absolute Gasteiger partial charge is 0.481 e. The van der Waals surface area contributed by atoms with Crippen LogP contribution in [0.3, 0.4) is 0 Å². The van der Waals surface area contributed by atoms with Gasteiger partial charge in [-0.3, -0.25) is 4.79 Å². The minimum atomic E-state index is -0.456. The van der Waals surface area contributed by atoms with Crippen LogP contribution >= 0.6 is 0 Å². The van der Waals surface area contributed by atoms with Gasteiger partial charge in [0.25, 0.3) is 5.91 Å². The molecule has 1 N–H and O–H groups in total. The number of amides is 1. The van der Waals surface area contributed by atoms with Crippen LogP contribution in [-0.2, 0) is 4.79 Å². The van der Waals surface area contributed by atoms with Gasteiger partial charge < -0.3 is 10.1 Å². The summed E-state index contributed by atoms with van der Waals surface area (Å²) >= 11 is 0. The molecule has 0 heterocycles. The number of carbonyl (C=O) groups excluding carboxylic acids is 1. The van der Waals surface area contributed by atoms with Crippen LogP contribution < -0.4 is 10.1 Å². The predicted octanol–water partition coefficient (Wildman–Crippen LogP) is 4.97. The monoisotopic (exact) mass is 355 g/mol. The van der Waals surface area contributed by atoms with Crippen molar-refractivity contribution in [2.24, 2.45) is 17.8 Å². The Morgan fingerprint density at radius 3 is 2.19 bits per heavy atom. The summed E-state index contributed by atoms with van der Waals surface area (Å²) in [5.74, 6) is 3.80. The van der Waals surface area contributed by atoms with E-state index in [4.69, 9.17) is 4.74 Å². The molecule has 0 aromatic heterocycles. The molecule has 0 spiro atoms. The molecule has 4 aliphatic carbocycles. The summed E-state index contributed by atoms with van der Waals surface area (Å²) in [6.07, 6.45) is 7.26. The van der Waals surface area contributed by atoms with E-state index in [0.717, 1.165) is 29.1 Å². The molecule has 4 bridgehead atoms. The standard InChI is InChI=1S/C23H33NO2/c1-14(2)20-6-5-15(3)7-21(20)26-16(4)22(25)24-23-11-17-8-18(12-23)10-19(9-17)13-23/h5-7,14,16-19H,8-13H2,1-4H3,(H,24,25)/t16-,17?,18?,19?,23?/m0/s1. The SMILES string of the molecule is Cc1ccc(C(C)C)c(O[C@@H](C)C(=O)NC23CC4CC(CC(C4)C2)C3)c1. The minimum absolute atomic E-state index is 0.0525. The van der Waals surface area contributed by atoms with Gasteiger partial charge in [0.2, 0.25) is 0 Å². The molecule has 0 unspecified atom stereocenters. The third-order valence-electron chi connectivity index (χ3n) is 6.89. The first-order chi connectivity index (χ1) is 12.3. The van der Waals surface area contributed by atoms with E-state index in [-0.39, 0.29) is 11.4 Å². The summed E-state index contributed by atoms with van der Waals surface area (Å²) in [5, 5.41) is 3.44. The van der Waals surface area contributed by atoms with Gasteiger partial charge in [-0.05, 0) is 93.2 Å². The smallest absolute Gasteiger partial charge is 0.261 e. The average Bonchev–Trinajstić information content (AvgIpc) is 2.52. The minimum Gasteiger partial charge on any atom is -0.481 e. The van der Waals surface area contributed by atoms with Gasteiger partial charge >= 0.3 is 0 Å². The van der Waals surface area contributed by atoms with Crippen molar-refractivity contribution in [1.29, 1.82) is 0 Å². The van der Waals surface area contributed by atoms with E-state index in [9.17, 15) is 4.79 Å². The lowest BCUT2D eigenvalue weighted by molar-refractivity contribution is -0.133. The molecule has 0 saturated heterocycles. The van der Waals surface area contributed by atoms with Gasteiger partial charge in [0.15, 0.2) is 6.10 Å². The highest BCUT2D eigenvalue weighted by atomic mass is 16.5. The Labute approximate surface area is 157 Å². The zero-order chi connectivity index (χ0) is 18.5. The van der Waals surface area contributed by atoms with Crippen molar-refractivity contribution >= 4 is 5.91 Å². The first-order valence-corrected chi connectivity index (χ1v) is 10.4. The van der Waals surface area contributed by atoms with Crippen LogP contribution in [0.5, 0.6) is 5.75 Å². The molecule has 4 saturated carbocycles. The highest BCUT2D eigenvalue weighted by Gasteiger charge is 2.51. The third kappa shape index (κ3) is 3.37. The topological polar surface area (TPSA) is 38.3 Å². The van der Waals surface area contributed by atoms with Gasteiger partial charge in [0.05, 0.1) is 0 Å². The molecule has 1 aromatic rings. The van der Waals surface area contributed by atoms with Crippen LogP contribution in [-0.4, -0.2) is 17.6 Å². The normalized spacial score (nSPS) is 33.3. The maximum Gasteiger partial charge on any atom is 0.261 e. The first kappa shape index (κ1) is 17.9. The van der Waals surface area contributed by atoms with Crippen molar-refractivity contribution in [3.63, 3.8) is 0 Å². The Morgan fingerprint density at radius 2 is 1.65 bits per heavy atom. The zero-order valence-corrected chi connectivity index (χ0v) is 16.7. The summed E-state index contributed by atoms with van der Waals surface area (Å²) in [7, 11) is 0. The van der Waals surface area contributed by atoms with E-state index in [2.05, 4.69) is 44.3 Å². The number of rotatable bonds is 5. The lowest BCUT2D eigenvalue weighted by Gasteiger charge is -2.57. The van der Waals surface area contributed by atoms with Gasteiger partial charge in [-0.25, -0.2) is 0 Å². The Hall–Kier alpha value is -1.51. The molecule has 0 aliphatic heterocycles. The van der Waals surface area contributed by atoms with Crippen LogP contribution in [0.4, 0.5) is 0 Å². The Balaban J connectivity index is 1.45. The van der Waals surface area contributed by atoms with E-state index < -0.39 is 6.10 Å². The van der Waals surface area contributed by atoms with Crippen LogP contribution in [0.25, 0.3) is 0 Å². The Morgan fingerprint density at radius 1 is 1.08 bits per heavy atom. The number of hydrogen-bond donors (Lipinski definition) is 1. The van der Waals surface area contributed by atoms with E-state index in [0.29, 0.717) is 5.92 Å². The summed E-state index contributed by atoms with van der Waals surface area (Å²) in [6, 6.07) is 6.30.